The van der Waals surface area contributed by atoms with Crippen molar-refractivity contribution in [3.63, 3.8) is 0 Å². The van der Waals surface area contributed by atoms with Crippen LogP contribution in [0, 0.1) is 0 Å². The first-order chi connectivity index (χ1) is 6.00. The van der Waals surface area contributed by atoms with Crippen molar-refractivity contribution in [1.82, 2.24) is 4.90 Å². The number of nitrogens with zero attached hydrogens (tertiary/aromatic N) is 2. The van der Waals surface area contributed by atoms with Gasteiger partial charge < -0.3 is 0 Å². The van der Waals surface area contributed by atoms with Gasteiger partial charge >= 0.3 is 38.9 Å². The summed E-state index contributed by atoms with van der Waals surface area (Å²) >= 11 is 0. The van der Waals surface area contributed by atoms with Gasteiger partial charge in [0, 0.05) is 0 Å². The van der Waals surface area contributed by atoms with Crippen molar-refractivity contribution >= 4 is 13.8 Å². The molecule has 0 aliphatic carbocycles. The third-order valence-corrected chi connectivity index (χ3v) is 0.916. The van der Waals surface area contributed by atoms with Gasteiger partial charge in [-0.05, 0) is 0 Å². The predicted octanol–water partition coefficient (Wildman–Crippen LogP) is 2.52. The number of nitrogens with two attached hydrogens (primary N) is 1. The molecule has 0 spiro atoms. The van der Waals surface area contributed by atoms with E-state index < -0.39 is 7.81 Å². The van der Waals surface area contributed by atoms with Crippen LogP contribution in [0.15, 0.2) is 0 Å². The number of guanidine groups is 1. The average Bonchev–Trinajstić information content (AvgIpc) is 1.77. The second-order valence-electron chi connectivity index (χ2n) is 3.11. The van der Waals surface area contributed by atoms with Gasteiger partial charge in [-0.3, -0.25) is 15.2 Å². The Bertz CT molecular complexity index is 236. The van der Waals surface area contributed by atoms with E-state index in [4.69, 9.17) is 5.73 Å². The van der Waals surface area contributed by atoms with E-state index in [1.54, 1.807) is 0 Å². The quantitative estimate of drug-likeness (QED) is 0.239. The molecule has 3 nitrogen and oxygen atoms in total. The first-order valence-electron chi connectivity index (χ1n) is 3.54. The molecule has 10 heteroatoms. The molecule has 0 rings (SSSR count). The Kier molecular flexibility index (Phi) is 4.11. The van der Waals surface area contributed by atoms with Crippen molar-refractivity contribution in [2.24, 2.45) is 5.73 Å². The van der Waals surface area contributed by atoms with Crippen LogP contribution in [-0.4, -0.2) is 43.6 Å². The molecule has 0 amide bonds. The van der Waals surface area contributed by atoms with Crippen molar-refractivity contribution in [2.45, 2.75) is 0 Å². The maximum atomic E-state index is 9.87. The molecule has 96 valence electrons. The zero-order chi connectivity index (χ0) is 13.1. The van der Waals surface area contributed by atoms with E-state index >= 15 is 0 Å². The molecule has 0 saturated carbocycles. The molecule has 0 bridgehead atoms. The Morgan fingerprint density at radius 2 is 1.20 bits per heavy atom. The van der Waals surface area contributed by atoms with Gasteiger partial charge in [0.25, 0.3) is 0 Å². The maximum absolute atomic E-state index is 10.7. The molecule has 0 aliphatic heterocycles. The molecule has 0 unspecified atom stereocenters. The van der Waals surface area contributed by atoms with Gasteiger partial charge in [0.1, 0.15) is 0 Å². The number of hydrogen-bond acceptors (Lipinski definition) is 0. The molecule has 0 radical (unpaired) electrons. The number of halogens is 6. The van der Waals surface area contributed by atoms with E-state index in [1.807, 2.05) is 37.7 Å². The van der Waals surface area contributed by atoms with E-state index in [-0.39, 0.29) is 0 Å². The summed E-state index contributed by atoms with van der Waals surface area (Å²) in [5, 5.41) is 0. The van der Waals surface area contributed by atoms with E-state index in [1.165, 1.54) is 0 Å². The summed E-state index contributed by atoms with van der Waals surface area (Å²) in [5.41, 5.74) is 5.53. The van der Waals surface area contributed by atoms with Gasteiger partial charge in [-0.1, -0.05) is 0 Å². The van der Waals surface area contributed by atoms with Crippen LogP contribution in [-0.2, 0) is 0 Å². The second kappa shape index (κ2) is 3.70. The van der Waals surface area contributed by atoms with Crippen molar-refractivity contribution in [1.29, 1.82) is 0 Å². The van der Waals surface area contributed by atoms with E-state index in [9.17, 15) is 25.2 Å². The fraction of sp³-hybridized carbons (Fsp3) is 0.800. The molecule has 2 N–H and O–H groups in total. The van der Waals surface area contributed by atoms with Gasteiger partial charge in [-0.2, -0.15) is 0 Å². The van der Waals surface area contributed by atoms with Gasteiger partial charge in [-0.25, -0.2) is 0 Å². The van der Waals surface area contributed by atoms with E-state index in [2.05, 4.69) is 0 Å². The summed E-state index contributed by atoms with van der Waals surface area (Å²) in [6, 6.07) is 0. The zero-order valence-corrected chi connectivity index (χ0v) is 9.58. The third-order valence-electron chi connectivity index (χ3n) is 0.916. The Morgan fingerprint density at radius 3 is 1.20 bits per heavy atom. The Balaban J connectivity index is 0. The minimum absolute atomic E-state index is 0.769. The van der Waals surface area contributed by atoms with E-state index in [0.717, 1.165) is 5.96 Å². The summed E-state index contributed by atoms with van der Waals surface area (Å²) in [4.78, 5) is 1.86. The van der Waals surface area contributed by atoms with Crippen LogP contribution in [0.5, 0.6) is 0 Å². The van der Waals surface area contributed by atoms with Crippen LogP contribution in [0.2, 0.25) is 0 Å². The molecule has 0 fully saturated rings. The van der Waals surface area contributed by atoms with Crippen LogP contribution in [0.25, 0.3) is 0 Å². The number of hydrogen-bond donors (Lipinski definition) is 1. The summed E-state index contributed by atoms with van der Waals surface area (Å²) in [5.74, 6) is 0.769. The summed E-state index contributed by atoms with van der Waals surface area (Å²) in [6.45, 7) is 0. The van der Waals surface area contributed by atoms with Crippen molar-refractivity contribution in [3.8, 4) is 0 Å². The molecule has 15 heavy (non-hydrogen) atoms. The van der Waals surface area contributed by atoms with Crippen LogP contribution >= 0.6 is 7.81 Å². The fourth-order valence-corrected chi connectivity index (χ4v) is 0.400. The molecule has 0 atom stereocenters. The summed E-state index contributed by atoms with van der Waals surface area (Å²) in [6.07, 6.45) is 0. The predicted molar refractivity (Wildman–Crippen MR) is 48.6 cm³/mol. The average molecular weight is 261 g/mol. The van der Waals surface area contributed by atoms with Gasteiger partial charge in [0.2, 0.25) is 0 Å². The summed E-state index contributed by atoms with van der Waals surface area (Å²) in [7, 11) is -3.01. The van der Waals surface area contributed by atoms with Crippen molar-refractivity contribution in [2.75, 3.05) is 28.2 Å². The molecule has 0 aromatic heterocycles. The topological polar surface area (TPSA) is 32.3 Å². The first kappa shape index (κ1) is 16.7. The molecule has 0 saturated heterocycles. The normalized spacial score (nSPS) is 15.3. The van der Waals surface area contributed by atoms with E-state index in [0.29, 0.717) is 0 Å². The molecule has 0 heterocycles. The number of rotatable bonds is 0. The molecule has 0 aromatic carbocycles. The van der Waals surface area contributed by atoms with Crippen LogP contribution < -0.4 is 5.73 Å². The zero-order valence-electron chi connectivity index (χ0n) is 8.69. The summed E-state index contributed by atoms with van der Waals surface area (Å²) < 4.78 is 61.1. The first-order valence-corrected chi connectivity index (χ1v) is 5.57. The van der Waals surface area contributed by atoms with Crippen LogP contribution in [0.4, 0.5) is 25.2 Å². The minimum atomic E-state index is -10.7. The molecule has 0 aliphatic rings. The fourth-order valence-electron chi connectivity index (χ4n) is 0.400. The van der Waals surface area contributed by atoms with Crippen LogP contribution in [0.1, 0.15) is 0 Å². The van der Waals surface area contributed by atoms with Gasteiger partial charge in [0.15, 0.2) is 0 Å². The Hall–Kier alpha value is -0.720. The van der Waals surface area contributed by atoms with Gasteiger partial charge in [0.05, 0.1) is 28.2 Å². The monoisotopic (exact) mass is 261 g/mol. The standard InChI is InChI=1S/C5H13N3.F6P/c1-7(2)5(6)8(3)4;1-7(2,3,4,5)6/h6H,1-4H3;/q;-1/p+1. The molecular weight excluding hydrogens is 247 g/mol. The van der Waals surface area contributed by atoms with Crippen LogP contribution in [0.3, 0.4) is 0 Å². The second-order valence-corrected chi connectivity index (χ2v) is 5.02. The van der Waals surface area contributed by atoms with Crippen molar-refractivity contribution in [3.05, 3.63) is 0 Å². The SMILES string of the molecule is CN(C)C(N)=[N+](C)C.F[P-](F)(F)(F)(F)F. The van der Waals surface area contributed by atoms with Crippen molar-refractivity contribution < 1.29 is 29.8 Å². The van der Waals surface area contributed by atoms with Gasteiger partial charge in [-0.15, -0.1) is 0 Å². The molecule has 0 aromatic rings. The Labute approximate surface area is 83.4 Å². The molecular formula is C5H14F6N3P. The third kappa shape index (κ3) is 31.9. The Morgan fingerprint density at radius 1 is 1.00 bits per heavy atom.